The summed E-state index contributed by atoms with van der Waals surface area (Å²) in [5.41, 5.74) is 1.48. The average molecular weight is 335 g/mol. The fourth-order valence-corrected chi connectivity index (χ4v) is 4.63. The number of rotatable bonds is 4. The molecule has 0 aromatic heterocycles. The first-order valence-electron chi connectivity index (χ1n) is 8.80. The van der Waals surface area contributed by atoms with E-state index in [1.807, 2.05) is 0 Å². The second-order valence-corrected chi connectivity index (χ2v) is 7.56. The zero-order chi connectivity index (χ0) is 15.0. The molecule has 2 saturated carbocycles. The molecule has 3 aliphatic rings. The van der Waals surface area contributed by atoms with E-state index in [0.29, 0.717) is 11.8 Å². The molecule has 126 valence electrons. The molecule has 1 aliphatic heterocycles. The minimum atomic E-state index is -0.120. The van der Waals surface area contributed by atoms with Crippen LogP contribution in [-0.2, 0) is 10.2 Å². The first-order valence-corrected chi connectivity index (χ1v) is 8.80. The molecular weight excluding hydrogens is 308 g/mol. The predicted molar refractivity (Wildman–Crippen MR) is 94.9 cm³/mol. The van der Waals surface area contributed by atoms with E-state index in [1.165, 1.54) is 37.7 Å². The van der Waals surface area contributed by atoms with Crippen LogP contribution in [0.3, 0.4) is 0 Å². The fraction of sp³-hybridized carbons (Fsp3) is 0.632. The molecule has 2 aliphatic carbocycles. The topological polar surface area (TPSA) is 41.1 Å². The molecule has 2 atom stereocenters. The molecule has 3 fully saturated rings. The summed E-state index contributed by atoms with van der Waals surface area (Å²) in [4.78, 5) is 13.0. The Morgan fingerprint density at radius 2 is 1.96 bits per heavy atom. The molecule has 4 heteroatoms. The van der Waals surface area contributed by atoms with Crippen molar-refractivity contribution in [2.75, 3.05) is 19.6 Å². The van der Waals surface area contributed by atoms with Crippen molar-refractivity contribution in [1.82, 2.24) is 10.6 Å². The van der Waals surface area contributed by atoms with Gasteiger partial charge in [0.15, 0.2) is 0 Å². The molecule has 2 N–H and O–H groups in total. The van der Waals surface area contributed by atoms with Crippen LogP contribution in [0.4, 0.5) is 0 Å². The number of amides is 1. The lowest BCUT2D eigenvalue weighted by molar-refractivity contribution is -0.134. The minimum Gasteiger partial charge on any atom is -0.355 e. The molecule has 23 heavy (non-hydrogen) atoms. The lowest BCUT2D eigenvalue weighted by Gasteiger charge is -2.37. The molecule has 1 heterocycles. The van der Waals surface area contributed by atoms with E-state index in [2.05, 4.69) is 41.0 Å². The van der Waals surface area contributed by atoms with Crippen LogP contribution < -0.4 is 10.6 Å². The summed E-state index contributed by atoms with van der Waals surface area (Å²) in [6.07, 6.45) is 7.17. The van der Waals surface area contributed by atoms with E-state index in [-0.39, 0.29) is 23.2 Å². The molecular formula is C19H27ClN2O. The first-order chi connectivity index (χ1) is 10.8. The normalized spacial score (nSPS) is 30.9. The van der Waals surface area contributed by atoms with Gasteiger partial charge in [0.1, 0.15) is 0 Å². The van der Waals surface area contributed by atoms with Crippen LogP contribution in [-0.4, -0.2) is 25.5 Å². The lowest BCUT2D eigenvalue weighted by atomic mass is 9.67. The van der Waals surface area contributed by atoms with Crippen LogP contribution in [0.5, 0.6) is 0 Å². The minimum absolute atomic E-state index is 0. The number of hydrogen-bond acceptors (Lipinski definition) is 2. The highest BCUT2D eigenvalue weighted by molar-refractivity contribution is 5.85. The van der Waals surface area contributed by atoms with E-state index in [4.69, 9.17) is 0 Å². The quantitative estimate of drug-likeness (QED) is 0.888. The molecule has 4 rings (SSSR count). The van der Waals surface area contributed by atoms with Crippen molar-refractivity contribution in [1.29, 1.82) is 0 Å². The molecule has 0 bridgehead atoms. The molecule has 1 saturated heterocycles. The molecule has 1 amide bonds. The molecule has 3 nitrogen and oxygen atoms in total. The molecule has 0 spiro atoms. The highest BCUT2D eigenvalue weighted by Crippen LogP contribution is 2.48. The third kappa shape index (κ3) is 2.89. The van der Waals surface area contributed by atoms with Crippen LogP contribution in [0.25, 0.3) is 0 Å². The Labute approximate surface area is 145 Å². The van der Waals surface area contributed by atoms with Crippen molar-refractivity contribution in [3.63, 3.8) is 0 Å². The van der Waals surface area contributed by atoms with Gasteiger partial charge in [-0.1, -0.05) is 43.2 Å². The first kappa shape index (κ1) is 16.8. The maximum Gasteiger partial charge on any atom is 0.227 e. The Morgan fingerprint density at radius 1 is 1.17 bits per heavy atom. The van der Waals surface area contributed by atoms with Crippen molar-refractivity contribution in [3.8, 4) is 0 Å². The van der Waals surface area contributed by atoms with Crippen molar-refractivity contribution in [2.24, 2.45) is 11.3 Å². The van der Waals surface area contributed by atoms with Crippen molar-refractivity contribution < 1.29 is 4.79 Å². The summed E-state index contributed by atoms with van der Waals surface area (Å²) in [6.45, 7) is 2.71. The van der Waals surface area contributed by atoms with E-state index in [0.717, 1.165) is 26.1 Å². The van der Waals surface area contributed by atoms with Crippen LogP contribution in [0.2, 0.25) is 0 Å². The number of carbonyl (C=O) groups excluding carboxylic acids is 1. The number of fused-ring (bicyclic) bond motifs is 1. The Bertz CT molecular complexity index is 558. The van der Waals surface area contributed by atoms with E-state index in [9.17, 15) is 4.79 Å². The molecule has 0 radical (unpaired) electrons. The van der Waals surface area contributed by atoms with Crippen LogP contribution >= 0.6 is 12.4 Å². The second-order valence-electron chi connectivity index (χ2n) is 7.56. The highest BCUT2D eigenvalue weighted by Gasteiger charge is 2.51. The zero-order valence-electron chi connectivity index (χ0n) is 13.6. The van der Waals surface area contributed by atoms with Crippen molar-refractivity contribution >= 4 is 18.3 Å². The van der Waals surface area contributed by atoms with Crippen LogP contribution in [0, 0.1) is 11.3 Å². The summed E-state index contributed by atoms with van der Waals surface area (Å²) in [5.74, 6) is 0.859. The van der Waals surface area contributed by atoms with Gasteiger partial charge in [0.05, 0.1) is 5.41 Å². The monoisotopic (exact) mass is 334 g/mol. The Kier molecular flexibility index (Phi) is 4.70. The van der Waals surface area contributed by atoms with E-state index < -0.39 is 0 Å². The van der Waals surface area contributed by atoms with Gasteiger partial charge in [0.25, 0.3) is 0 Å². The van der Waals surface area contributed by atoms with Gasteiger partial charge in [-0.2, -0.15) is 0 Å². The smallest absolute Gasteiger partial charge is 0.227 e. The molecule has 1 aromatic carbocycles. The van der Waals surface area contributed by atoms with Gasteiger partial charge in [-0.05, 0) is 43.7 Å². The van der Waals surface area contributed by atoms with Gasteiger partial charge >= 0.3 is 0 Å². The molecule has 1 aromatic rings. The second kappa shape index (κ2) is 6.45. The number of carbonyl (C=O) groups is 1. The predicted octanol–water partition coefficient (Wildman–Crippen LogP) is 3.04. The van der Waals surface area contributed by atoms with Gasteiger partial charge in [0.2, 0.25) is 5.91 Å². The van der Waals surface area contributed by atoms with Crippen molar-refractivity contribution in [2.45, 2.75) is 43.9 Å². The average Bonchev–Trinajstić information content (AvgIpc) is 3.24. The third-order valence-corrected chi connectivity index (χ3v) is 6.32. The Morgan fingerprint density at radius 3 is 2.70 bits per heavy atom. The van der Waals surface area contributed by atoms with Crippen LogP contribution in [0.1, 0.15) is 44.1 Å². The van der Waals surface area contributed by atoms with E-state index in [1.54, 1.807) is 0 Å². The largest absolute Gasteiger partial charge is 0.355 e. The van der Waals surface area contributed by atoms with Crippen molar-refractivity contribution in [3.05, 3.63) is 35.9 Å². The zero-order valence-corrected chi connectivity index (χ0v) is 14.5. The summed E-state index contributed by atoms with van der Waals surface area (Å²) < 4.78 is 0. The number of hydrogen-bond donors (Lipinski definition) is 2. The lowest BCUT2D eigenvalue weighted by Crippen LogP contribution is -2.49. The Balaban J connectivity index is 0.00000156. The number of benzene rings is 1. The SMILES string of the molecule is Cl.O=C(NCC1(c2ccccc2)CC1)[C@@]12CCCC[C@H]1CNC2. The number of nitrogens with one attached hydrogen (secondary N) is 2. The summed E-state index contributed by atoms with van der Waals surface area (Å²) in [5, 5.41) is 6.81. The molecule has 0 unspecified atom stereocenters. The van der Waals surface area contributed by atoms with Crippen LogP contribution in [0.15, 0.2) is 30.3 Å². The van der Waals surface area contributed by atoms with Gasteiger partial charge in [-0.25, -0.2) is 0 Å². The van der Waals surface area contributed by atoms with Gasteiger partial charge < -0.3 is 10.6 Å². The summed E-state index contributed by atoms with van der Waals surface area (Å²) in [6, 6.07) is 10.7. The van der Waals surface area contributed by atoms with Gasteiger partial charge in [-0.3, -0.25) is 4.79 Å². The van der Waals surface area contributed by atoms with Gasteiger partial charge in [0, 0.05) is 18.5 Å². The maximum absolute atomic E-state index is 13.0. The number of halogens is 1. The standard InChI is InChI=1S/C19H26N2O.ClH/c22-17(19-9-5-4-8-16(19)12-20-14-19)21-13-18(10-11-18)15-6-2-1-3-7-15;/h1-3,6-7,16,20H,4-5,8-14H2,(H,21,22);1H/t16-,19+;/m0./s1. The van der Waals surface area contributed by atoms with E-state index >= 15 is 0 Å². The summed E-state index contributed by atoms with van der Waals surface area (Å²) >= 11 is 0. The van der Waals surface area contributed by atoms with Gasteiger partial charge in [-0.15, -0.1) is 12.4 Å². The highest BCUT2D eigenvalue weighted by atomic mass is 35.5. The third-order valence-electron chi connectivity index (χ3n) is 6.32. The Hall–Kier alpha value is -1.06. The fourth-order valence-electron chi connectivity index (χ4n) is 4.63. The summed E-state index contributed by atoms with van der Waals surface area (Å²) in [7, 11) is 0. The maximum atomic E-state index is 13.0.